The summed E-state index contributed by atoms with van der Waals surface area (Å²) in [4.78, 5) is 12.3. The number of halogens is 1. The van der Waals surface area contributed by atoms with E-state index in [4.69, 9.17) is 11.6 Å². The van der Waals surface area contributed by atoms with Crippen molar-refractivity contribution in [3.8, 4) is 0 Å². The standard InChI is InChI=1S/C18H21ClN2O3S/c1-2-3-12-21-25(23,24)16-10-8-14(9-11-16)18(22)20-13-15-6-4-5-7-17(15)19/h4-11,21H,2-3,12-13H2,1H3,(H,20,22). The van der Waals surface area contributed by atoms with E-state index in [0.29, 0.717) is 23.7 Å². The molecule has 2 aromatic carbocycles. The molecular weight excluding hydrogens is 360 g/mol. The van der Waals surface area contributed by atoms with E-state index in [-0.39, 0.29) is 10.8 Å². The topological polar surface area (TPSA) is 75.3 Å². The zero-order valence-corrected chi connectivity index (χ0v) is 15.5. The fraction of sp³-hybridized carbons (Fsp3) is 0.278. The van der Waals surface area contributed by atoms with E-state index in [1.165, 1.54) is 24.3 Å². The van der Waals surface area contributed by atoms with Gasteiger partial charge < -0.3 is 5.32 Å². The molecule has 0 aliphatic rings. The van der Waals surface area contributed by atoms with Crippen molar-refractivity contribution in [2.75, 3.05) is 6.54 Å². The number of hydrogen-bond acceptors (Lipinski definition) is 3. The molecule has 0 radical (unpaired) electrons. The van der Waals surface area contributed by atoms with Crippen molar-refractivity contribution in [3.63, 3.8) is 0 Å². The van der Waals surface area contributed by atoms with Crippen molar-refractivity contribution >= 4 is 27.5 Å². The lowest BCUT2D eigenvalue weighted by molar-refractivity contribution is 0.0951. The van der Waals surface area contributed by atoms with Crippen molar-refractivity contribution in [2.45, 2.75) is 31.2 Å². The van der Waals surface area contributed by atoms with Crippen LogP contribution in [0.2, 0.25) is 5.02 Å². The predicted octanol–water partition coefficient (Wildman–Crippen LogP) is 3.35. The maximum atomic E-state index is 12.2. The second-order valence-corrected chi connectivity index (χ2v) is 7.72. The smallest absolute Gasteiger partial charge is 0.251 e. The number of unbranched alkanes of at least 4 members (excludes halogenated alkanes) is 1. The number of nitrogens with one attached hydrogen (secondary N) is 2. The molecule has 2 N–H and O–H groups in total. The van der Waals surface area contributed by atoms with E-state index in [1.54, 1.807) is 6.07 Å². The summed E-state index contributed by atoms with van der Waals surface area (Å²) in [7, 11) is -3.54. The van der Waals surface area contributed by atoms with Crippen LogP contribution in [-0.2, 0) is 16.6 Å². The Labute approximate surface area is 153 Å². The highest BCUT2D eigenvalue weighted by atomic mass is 35.5. The van der Waals surface area contributed by atoms with Crippen molar-refractivity contribution < 1.29 is 13.2 Å². The molecule has 0 bridgehead atoms. The summed E-state index contributed by atoms with van der Waals surface area (Å²) in [5.74, 6) is -0.289. The van der Waals surface area contributed by atoms with Gasteiger partial charge in [-0.2, -0.15) is 0 Å². The molecule has 5 nitrogen and oxygen atoms in total. The molecule has 2 rings (SSSR count). The largest absolute Gasteiger partial charge is 0.348 e. The van der Waals surface area contributed by atoms with Gasteiger partial charge in [0.05, 0.1) is 4.90 Å². The third-order valence-electron chi connectivity index (χ3n) is 3.65. The van der Waals surface area contributed by atoms with Gasteiger partial charge in [0.15, 0.2) is 0 Å². The summed E-state index contributed by atoms with van der Waals surface area (Å²) in [5, 5.41) is 3.35. The van der Waals surface area contributed by atoms with Crippen molar-refractivity contribution in [1.82, 2.24) is 10.0 Å². The van der Waals surface area contributed by atoms with Crippen LogP contribution in [0.3, 0.4) is 0 Å². The lowest BCUT2D eigenvalue weighted by Crippen LogP contribution is -2.25. The van der Waals surface area contributed by atoms with Gasteiger partial charge in [0.1, 0.15) is 0 Å². The number of benzene rings is 2. The quantitative estimate of drug-likeness (QED) is 0.689. The van der Waals surface area contributed by atoms with Crippen molar-refractivity contribution in [1.29, 1.82) is 0 Å². The summed E-state index contributed by atoms with van der Waals surface area (Å²) in [5.41, 5.74) is 1.21. The van der Waals surface area contributed by atoms with Gasteiger partial charge in [-0.25, -0.2) is 13.1 Å². The van der Waals surface area contributed by atoms with Gasteiger partial charge in [-0.05, 0) is 42.3 Å². The first-order chi connectivity index (χ1) is 11.9. The third kappa shape index (κ3) is 5.56. The van der Waals surface area contributed by atoms with Crippen LogP contribution in [0, 0.1) is 0 Å². The Morgan fingerprint density at radius 3 is 2.40 bits per heavy atom. The second kappa shape index (κ2) is 8.99. The molecule has 0 atom stereocenters. The lowest BCUT2D eigenvalue weighted by Gasteiger charge is -2.09. The highest BCUT2D eigenvalue weighted by Crippen LogP contribution is 2.15. The molecule has 0 unspecified atom stereocenters. The lowest BCUT2D eigenvalue weighted by atomic mass is 10.2. The Morgan fingerprint density at radius 2 is 1.76 bits per heavy atom. The van der Waals surface area contributed by atoms with Gasteiger partial charge in [-0.3, -0.25) is 4.79 Å². The van der Waals surface area contributed by atoms with Crippen molar-refractivity contribution in [3.05, 3.63) is 64.7 Å². The zero-order valence-electron chi connectivity index (χ0n) is 14.0. The first-order valence-corrected chi connectivity index (χ1v) is 9.91. The normalized spacial score (nSPS) is 11.3. The van der Waals surface area contributed by atoms with E-state index in [2.05, 4.69) is 10.0 Å². The van der Waals surface area contributed by atoms with E-state index >= 15 is 0 Å². The fourth-order valence-corrected chi connectivity index (χ4v) is 3.45. The third-order valence-corrected chi connectivity index (χ3v) is 5.49. The highest BCUT2D eigenvalue weighted by Gasteiger charge is 2.14. The van der Waals surface area contributed by atoms with Crippen molar-refractivity contribution in [2.24, 2.45) is 0 Å². The van der Waals surface area contributed by atoms with Crippen LogP contribution in [0.4, 0.5) is 0 Å². The maximum Gasteiger partial charge on any atom is 0.251 e. The molecular formula is C18H21ClN2O3S. The predicted molar refractivity (Wildman–Crippen MR) is 99.2 cm³/mol. The molecule has 0 heterocycles. The van der Waals surface area contributed by atoms with Gasteiger partial charge in [0, 0.05) is 23.7 Å². The molecule has 7 heteroatoms. The van der Waals surface area contributed by atoms with Gasteiger partial charge in [-0.15, -0.1) is 0 Å². The maximum absolute atomic E-state index is 12.2. The Bertz CT molecular complexity index is 820. The van der Waals surface area contributed by atoms with Crippen LogP contribution in [0.1, 0.15) is 35.7 Å². The molecule has 1 amide bonds. The molecule has 134 valence electrons. The average molecular weight is 381 g/mol. The van der Waals surface area contributed by atoms with E-state index in [1.807, 2.05) is 25.1 Å². The summed E-state index contributed by atoms with van der Waals surface area (Å²) in [6.07, 6.45) is 1.69. The SMILES string of the molecule is CCCCNS(=O)(=O)c1ccc(C(=O)NCc2ccccc2Cl)cc1. The molecule has 25 heavy (non-hydrogen) atoms. The number of amides is 1. The summed E-state index contributed by atoms with van der Waals surface area (Å²) < 4.78 is 26.8. The molecule has 0 saturated carbocycles. The van der Waals surface area contributed by atoms with E-state index in [9.17, 15) is 13.2 Å². The summed E-state index contributed by atoms with van der Waals surface area (Å²) >= 11 is 6.05. The fourth-order valence-electron chi connectivity index (χ4n) is 2.17. The minimum Gasteiger partial charge on any atom is -0.348 e. The Balaban J connectivity index is 1.99. The average Bonchev–Trinajstić information content (AvgIpc) is 2.61. The molecule has 2 aromatic rings. The van der Waals surface area contributed by atoms with Crippen LogP contribution >= 0.6 is 11.6 Å². The van der Waals surface area contributed by atoms with E-state index in [0.717, 1.165) is 18.4 Å². The number of carbonyl (C=O) groups excluding carboxylic acids is 1. The van der Waals surface area contributed by atoms with Gasteiger partial charge in [-0.1, -0.05) is 43.1 Å². The van der Waals surface area contributed by atoms with Crippen LogP contribution in [0.5, 0.6) is 0 Å². The zero-order chi connectivity index (χ0) is 18.3. The van der Waals surface area contributed by atoms with Crippen LogP contribution in [-0.4, -0.2) is 20.9 Å². The molecule has 0 aliphatic heterocycles. The van der Waals surface area contributed by atoms with E-state index < -0.39 is 10.0 Å². The molecule has 0 spiro atoms. The highest BCUT2D eigenvalue weighted by molar-refractivity contribution is 7.89. The van der Waals surface area contributed by atoms with Gasteiger partial charge >= 0.3 is 0 Å². The van der Waals surface area contributed by atoms with Crippen LogP contribution < -0.4 is 10.0 Å². The first kappa shape index (κ1) is 19.4. The molecule has 0 aliphatic carbocycles. The Kier molecular flexibility index (Phi) is 6.99. The Hall–Kier alpha value is -1.89. The first-order valence-electron chi connectivity index (χ1n) is 8.05. The minimum atomic E-state index is -3.54. The van der Waals surface area contributed by atoms with Gasteiger partial charge in [0.2, 0.25) is 10.0 Å². The van der Waals surface area contributed by atoms with Gasteiger partial charge in [0.25, 0.3) is 5.91 Å². The summed E-state index contributed by atoms with van der Waals surface area (Å²) in [6.45, 7) is 2.69. The number of carbonyl (C=O) groups is 1. The van der Waals surface area contributed by atoms with Crippen LogP contribution in [0.15, 0.2) is 53.4 Å². The number of rotatable bonds is 8. The number of hydrogen-bond donors (Lipinski definition) is 2. The summed E-state index contributed by atoms with van der Waals surface area (Å²) in [6, 6.07) is 13.1. The molecule has 0 fully saturated rings. The Morgan fingerprint density at radius 1 is 1.08 bits per heavy atom. The molecule has 0 aromatic heterocycles. The molecule has 0 saturated heterocycles. The van der Waals surface area contributed by atoms with Crippen LogP contribution in [0.25, 0.3) is 0 Å². The minimum absolute atomic E-state index is 0.145. The monoisotopic (exact) mass is 380 g/mol. The number of sulfonamides is 1. The second-order valence-electron chi connectivity index (χ2n) is 5.55.